The first-order valence-electron chi connectivity index (χ1n) is 10.0. The van der Waals surface area contributed by atoms with Crippen LogP contribution in [0.4, 0.5) is 20.9 Å². The fourth-order valence-corrected chi connectivity index (χ4v) is 3.74. The number of hydrogen-bond acceptors (Lipinski definition) is 7. The van der Waals surface area contributed by atoms with Crippen LogP contribution in [0.25, 0.3) is 6.08 Å². The molecular weight excluding hydrogens is 457 g/mol. The molecule has 34 heavy (non-hydrogen) atoms. The van der Waals surface area contributed by atoms with Gasteiger partial charge in [0.2, 0.25) is 11.8 Å². The SMILES string of the molecule is CC(=O)N(c1nc(/C=C/C(=O)Nc2ccc(Oc3ncccn3)cc2)cs1)c1ccccc1F. The zero-order valence-electron chi connectivity index (χ0n) is 17.9. The van der Waals surface area contributed by atoms with Gasteiger partial charge in [-0.2, -0.15) is 0 Å². The van der Waals surface area contributed by atoms with Gasteiger partial charge in [0, 0.05) is 36.5 Å². The third-order valence-electron chi connectivity index (χ3n) is 4.39. The summed E-state index contributed by atoms with van der Waals surface area (Å²) < 4.78 is 19.7. The number of anilines is 3. The highest BCUT2D eigenvalue weighted by atomic mass is 32.1. The number of para-hydroxylation sites is 1. The Morgan fingerprint density at radius 3 is 2.50 bits per heavy atom. The number of rotatable bonds is 7. The van der Waals surface area contributed by atoms with Crippen LogP contribution in [0.2, 0.25) is 0 Å². The van der Waals surface area contributed by atoms with E-state index in [0.29, 0.717) is 22.3 Å². The molecule has 2 aromatic heterocycles. The topological polar surface area (TPSA) is 97.3 Å². The molecule has 0 unspecified atom stereocenters. The predicted molar refractivity (Wildman–Crippen MR) is 128 cm³/mol. The first kappa shape index (κ1) is 22.7. The van der Waals surface area contributed by atoms with E-state index >= 15 is 0 Å². The van der Waals surface area contributed by atoms with E-state index in [1.165, 1.54) is 47.4 Å². The zero-order chi connectivity index (χ0) is 23.9. The molecular formula is C24H18FN5O3S. The van der Waals surface area contributed by atoms with Crippen molar-refractivity contribution in [3.8, 4) is 11.8 Å². The molecule has 8 nitrogen and oxygen atoms in total. The summed E-state index contributed by atoms with van der Waals surface area (Å²) in [7, 11) is 0. The molecule has 0 atom stereocenters. The summed E-state index contributed by atoms with van der Waals surface area (Å²) in [5.74, 6) is -0.747. The Morgan fingerprint density at radius 1 is 1.06 bits per heavy atom. The molecule has 0 aliphatic rings. The van der Waals surface area contributed by atoms with Gasteiger partial charge in [-0.15, -0.1) is 11.3 Å². The van der Waals surface area contributed by atoms with Crippen molar-refractivity contribution in [2.75, 3.05) is 10.2 Å². The molecule has 0 spiro atoms. The van der Waals surface area contributed by atoms with Crippen molar-refractivity contribution in [1.82, 2.24) is 15.0 Å². The smallest absolute Gasteiger partial charge is 0.321 e. The number of nitrogens with zero attached hydrogens (tertiary/aromatic N) is 4. The second-order valence-electron chi connectivity index (χ2n) is 6.84. The zero-order valence-corrected chi connectivity index (χ0v) is 18.7. The number of thiazole rings is 1. The molecule has 2 aromatic carbocycles. The van der Waals surface area contributed by atoms with Crippen LogP contribution in [-0.4, -0.2) is 26.8 Å². The van der Waals surface area contributed by atoms with Crippen LogP contribution in [0.3, 0.4) is 0 Å². The van der Waals surface area contributed by atoms with Gasteiger partial charge in [0.05, 0.1) is 11.4 Å². The molecule has 0 radical (unpaired) electrons. The van der Waals surface area contributed by atoms with Crippen LogP contribution in [0.15, 0.2) is 78.4 Å². The molecule has 170 valence electrons. The molecule has 2 amide bonds. The normalized spacial score (nSPS) is 10.8. The molecule has 10 heteroatoms. The van der Waals surface area contributed by atoms with Gasteiger partial charge in [0.1, 0.15) is 11.6 Å². The van der Waals surface area contributed by atoms with Crippen LogP contribution in [-0.2, 0) is 9.59 Å². The van der Waals surface area contributed by atoms with Crippen molar-refractivity contribution in [3.05, 3.63) is 90.0 Å². The summed E-state index contributed by atoms with van der Waals surface area (Å²) in [6.07, 6.45) is 5.99. The second kappa shape index (κ2) is 10.5. The number of carbonyl (C=O) groups excluding carboxylic acids is 2. The number of ether oxygens (including phenoxy) is 1. The standard InChI is InChI=1S/C24H18FN5O3S/c1-16(31)30(21-6-3-2-5-20(21)25)24-29-18(15-34-24)9-12-22(32)28-17-7-10-19(11-8-17)33-23-26-13-4-14-27-23/h2-15H,1H3,(H,28,32)/b12-9+. The molecule has 4 aromatic rings. The van der Waals surface area contributed by atoms with Crippen LogP contribution < -0.4 is 15.0 Å². The third-order valence-corrected chi connectivity index (χ3v) is 5.23. The lowest BCUT2D eigenvalue weighted by Gasteiger charge is -2.18. The van der Waals surface area contributed by atoms with E-state index < -0.39 is 5.82 Å². The molecule has 1 N–H and O–H groups in total. The lowest BCUT2D eigenvalue weighted by Crippen LogP contribution is -2.23. The Balaban J connectivity index is 1.39. The van der Waals surface area contributed by atoms with Crippen molar-refractivity contribution in [2.24, 2.45) is 0 Å². The number of hydrogen-bond donors (Lipinski definition) is 1. The minimum atomic E-state index is -0.530. The van der Waals surface area contributed by atoms with E-state index in [2.05, 4.69) is 20.3 Å². The highest BCUT2D eigenvalue weighted by Gasteiger charge is 2.20. The Hall–Kier alpha value is -4.44. The van der Waals surface area contributed by atoms with Crippen molar-refractivity contribution in [1.29, 1.82) is 0 Å². The van der Waals surface area contributed by atoms with E-state index in [-0.39, 0.29) is 23.5 Å². The molecule has 0 bridgehead atoms. The van der Waals surface area contributed by atoms with Gasteiger partial charge < -0.3 is 10.1 Å². The number of nitrogens with one attached hydrogen (secondary N) is 1. The summed E-state index contributed by atoms with van der Waals surface area (Å²) in [5.41, 5.74) is 1.14. The van der Waals surface area contributed by atoms with Gasteiger partial charge in [0.25, 0.3) is 0 Å². The monoisotopic (exact) mass is 475 g/mol. The average molecular weight is 476 g/mol. The second-order valence-corrected chi connectivity index (χ2v) is 7.68. The molecule has 0 saturated heterocycles. The molecule has 0 fully saturated rings. The highest BCUT2D eigenvalue weighted by Crippen LogP contribution is 2.31. The van der Waals surface area contributed by atoms with Gasteiger partial charge in [-0.05, 0) is 48.5 Å². The quantitative estimate of drug-likeness (QED) is 0.369. The van der Waals surface area contributed by atoms with Crippen molar-refractivity contribution in [2.45, 2.75) is 6.92 Å². The van der Waals surface area contributed by atoms with Crippen molar-refractivity contribution >= 4 is 45.7 Å². The molecule has 0 aliphatic carbocycles. The minimum absolute atomic E-state index is 0.115. The van der Waals surface area contributed by atoms with Gasteiger partial charge in [-0.1, -0.05) is 12.1 Å². The minimum Gasteiger partial charge on any atom is -0.424 e. The maximum Gasteiger partial charge on any atom is 0.321 e. The van der Waals surface area contributed by atoms with Gasteiger partial charge >= 0.3 is 6.01 Å². The van der Waals surface area contributed by atoms with E-state index in [9.17, 15) is 14.0 Å². The van der Waals surface area contributed by atoms with Crippen LogP contribution in [0.5, 0.6) is 11.8 Å². The number of aromatic nitrogens is 3. The summed E-state index contributed by atoms with van der Waals surface area (Å²) in [5, 5.41) is 4.71. The first-order chi connectivity index (χ1) is 16.5. The Bertz CT molecular complexity index is 1330. The van der Waals surface area contributed by atoms with E-state index in [1.807, 2.05) is 0 Å². The van der Waals surface area contributed by atoms with Gasteiger partial charge in [-0.25, -0.2) is 19.3 Å². The van der Waals surface area contributed by atoms with Crippen LogP contribution in [0.1, 0.15) is 12.6 Å². The fraction of sp³-hybridized carbons (Fsp3) is 0.0417. The van der Waals surface area contributed by atoms with Gasteiger partial charge in [0.15, 0.2) is 5.13 Å². The largest absolute Gasteiger partial charge is 0.424 e. The number of amides is 2. The van der Waals surface area contributed by atoms with E-state index in [1.54, 1.807) is 60.2 Å². The Morgan fingerprint density at radius 2 is 1.79 bits per heavy atom. The molecule has 2 heterocycles. The van der Waals surface area contributed by atoms with E-state index in [4.69, 9.17) is 4.74 Å². The Kier molecular flexibility index (Phi) is 6.99. The number of benzene rings is 2. The Labute approximate surface area is 198 Å². The number of halogens is 1. The summed E-state index contributed by atoms with van der Waals surface area (Å²) in [6, 6.07) is 14.6. The van der Waals surface area contributed by atoms with Crippen LogP contribution in [0, 0.1) is 5.82 Å². The number of carbonyl (C=O) groups is 2. The summed E-state index contributed by atoms with van der Waals surface area (Å²) >= 11 is 1.17. The highest BCUT2D eigenvalue weighted by molar-refractivity contribution is 7.14. The maximum atomic E-state index is 14.2. The van der Waals surface area contributed by atoms with Crippen molar-refractivity contribution < 1.29 is 18.7 Å². The van der Waals surface area contributed by atoms with Crippen LogP contribution >= 0.6 is 11.3 Å². The molecule has 0 aliphatic heterocycles. The summed E-state index contributed by atoms with van der Waals surface area (Å²) in [6.45, 7) is 1.33. The molecule has 4 rings (SSSR count). The van der Waals surface area contributed by atoms with E-state index in [0.717, 1.165) is 0 Å². The van der Waals surface area contributed by atoms with Crippen molar-refractivity contribution in [3.63, 3.8) is 0 Å². The fourth-order valence-electron chi connectivity index (χ4n) is 2.89. The average Bonchev–Trinajstić information content (AvgIpc) is 3.29. The third kappa shape index (κ3) is 5.67. The lowest BCUT2D eigenvalue weighted by molar-refractivity contribution is -0.116. The molecule has 0 saturated carbocycles. The summed E-state index contributed by atoms with van der Waals surface area (Å²) in [4.78, 5) is 37.9. The maximum absolute atomic E-state index is 14.2. The lowest BCUT2D eigenvalue weighted by atomic mass is 10.3. The predicted octanol–water partition coefficient (Wildman–Crippen LogP) is 5.20. The van der Waals surface area contributed by atoms with Gasteiger partial charge in [-0.3, -0.25) is 14.5 Å². The first-order valence-corrected chi connectivity index (χ1v) is 10.9.